The highest BCUT2D eigenvalue weighted by Crippen LogP contribution is 2.14. The van der Waals surface area contributed by atoms with Gasteiger partial charge in [-0.1, -0.05) is 24.6 Å². The Labute approximate surface area is 83.3 Å². The molecule has 0 bridgehead atoms. The van der Waals surface area contributed by atoms with Crippen LogP contribution in [0.25, 0.3) is 0 Å². The highest BCUT2D eigenvalue weighted by Gasteiger charge is 2.08. The summed E-state index contributed by atoms with van der Waals surface area (Å²) >= 11 is 0. The van der Waals surface area contributed by atoms with Crippen molar-refractivity contribution in [3.05, 3.63) is 29.8 Å². The van der Waals surface area contributed by atoms with Crippen molar-refractivity contribution in [1.29, 1.82) is 0 Å². The van der Waals surface area contributed by atoms with Crippen LogP contribution in [0.15, 0.2) is 24.3 Å². The molecule has 0 fully saturated rings. The molecule has 0 saturated heterocycles. The largest absolute Gasteiger partial charge is 0.546 e. The maximum absolute atomic E-state index is 10.6. The summed E-state index contributed by atoms with van der Waals surface area (Å²) in [5, 5.41) is 10.6. The molecule has 0 aliphatic carbocycles. The molecule has 0 saturated carbocycles. The minimum absolute atomic E-state index is 0.399. The lowest BCUT2D eigenvalue weighted by molar-refractivity contribution is -0.313. The summed E-state index contributed by atoms with van der Waals surface area (Å²) in [5.74, 6) is -0.611. The molecule has 3 heteroatoms. The van der Waals surface area contributed by atoms with Gasteiger partial charge in [0.1, 0.15) is 11.9 Å². The standard InChI is InChI=1S/C11H14O3/c1-3-10(11(12)13)14-9-6-4-8(2)5-7-9/h4-7,10H,3H2,1-2H3,(H,12,13)/p-1. The number of carboxylic acids is 1. The van der Waals surface area contributed by atoms with Crippen LogP contribution >= 0.6 is 0 Å². The van der Waals surface area contributed by atoms with E-state index in [1.165, 1.54) is 0 Å². The molecule has 0 heterocycles. The van der Waals surface area contributed by atoms with Crippen molar-refractivity contribution in [3.63, 3.8) is 0 Å². The number of ether oxygens (including phenoxy) is 1. The zero-order chi connectivity index (χ0) is 10.6. The van der Waals surface area contributed by atoms with Gasteiger partial charge in [0.05, 0.1) is 5.97 Å². The number of benzene rings is 1. The molecule has 1 atom stereocenters. The summed E-state index contributed by atoms with van der Waals surface area (Å²) in [6, 6.07) is 7.25. The summed E-state index contributed by atoms with van der Waals surface area (Å²) in [5.41, 5.74) is 1.11. The van der Waals surface area contributed by atoms with E-state index in [0.29, 0.717) is 12.2 Å². The van der Waals surface area contributed by atoms with Gasteiger partial charge in [0, 0.05) is 0 Å². The minimum atomic E-state index is -1.17. The van der Waals surface area contributed by atoms with E-state index in [0.717, 1.165) is 5.56 Å². The van der Waals surface area contributed by atoms with Gasteiger partial charge in [-0.3, -0.25) is 0 Å². The Bertz CT molecular complexity index is 303. The van der Waals surface area contributed by atoms with E-state index >= 15 is 0 Å². The van der Waals surface area contributed by atoms with Gasteiger partial charge in [-0.25, -0.2) is 0 Å². The Morgan fingerprint density at radius 2 is 2.00 bits per heavy atom. The monoisotopic (exact) mass is 193 g/mol. The maximum Gasteiger partial charge on any atom is 0.138 e. The molecular weight excluding hydrogens is 180 g/mol. The summed E-state index contributed by atoms with van der Waals surface area (Å²) in [7, 11) is 0. The number of hydrogen-bond acceptors (Lipinski definition) is 3. The SMILES string of the molecule is CCC(Oc1ccc(C)cc1)C(=O)[O-]. The molecule has 1 aromatic rings. The molecule has 0 amide bonds. The third kappa shape index (κ3) is 2.76. The number of carbonyl (C=O) groups is 1. The Morgan fingerprint density at radius 3 is 2.43 bits per heavy atom. The van der Waals surface area contributed by atoms with E-state index in [9.17, 15) is 9.90 Å². The summed E-state index contributed by atoms with van der Waals surface area (Å²) in [6.45, 7) is 3.70. The van der Waals surface area contributed by atoms with Crippen LogP contribution in [0.2, 0.25) is 0 Å². The first-order valence-electron chi connectivity index (χ1n) is 4.57. The van der Waals surface area contributed by atoms with Crippen molar-refractivity contribution in [3.8, 4) is 5.75 Å². The van der Waals surface area contributed by atoms with Crippen LogP contribution < -0.4 is 9.84 Å². The Hall–Kier alpha value is -1.51. The maximum atomic E-state index is 10.6. The van der Waals surface area contributed by atoms with Gasteiger partial charge in [-0.2, -0.15) is 0 Å². The first-order chi connectivity index (χ1) is 6.63. The average molecular weight is 193 g/mol. The minimum Gasteiger partial charge on any atom is -0.546 e. The second-order valence-corrected chi connectivity index (χ2v) is 3.15. The fourth-order valence-electron chi connectivity index (χ4n) is 1.08. The van der Waals surface area contributed by atoms with E-state index < -0.39 is 12.1 Å². The van der Waals surface area contributed by atoms with Crippen molar-refractivity contribution >= 4 is 5.97 Å². The third-order valence-electron chi connectivity index (χ3n) is 1.93. The Morgan fingerprint density at radius 1 is 1.43 bits per heavy atom. The van der Waals surface area contributed by atoms with Gasteiger partial charge in [0.15, 0.2) is 0 Å². The fourth-order valence-corrected chi connectivity index (χ4v) is 1.08. The molecule has 1 rings (SSSR count). The molecule has 0 aliphatic rings. The van der Waals surface area contributed by atoms with Crippen molar-refractivity contribution < 1.29 is 14.6 Å². The summed E-state index contributed by atoms with van der Waals surface area (Å²) < 4.78 is 5.22. The Kier molecular flexibility index (Phi) is 3.51. The first kappa shape index (κ1) is 10.6. The van der Waals surface area contributed by atoms with Gasteiger partial charge in [-0.05, 0) is 25.5 Å². The number of rotatable bonds is 4. The highest BCUT2D eigenvalue weighted by atomic mass is 16.5. The highest BCUT2D eigenvalue weighted by molar-refractivity contribution is 5.70. The first-order valence-corrected chi connectivity index (χ1v) is 4.57. The van der Waals surface area contributed by atoms with E-state index in [4.69, 9.17) is 4.74 Å². The summed E-state index contributed by atoms with van der Waals surface area (Å²) in [4.78, 5) is 10.6. The number of carbonyl (C=O) groups excluding carboxylic acids is 1. The van der Waals surface area contributed by atoms with Crippen LogP contribution in [-0.2, 0) is 4.79 Å². The second kappa shape index (κ2) is 4.65. The predicted molar refractivity (Wildman–Crippen MR) is 50.9 cm³/mol. The number of aliphatic carboxylic acids is 1. The molecule has 14 heavy (non-hydrogen) atoms. The third-order valence-corrected chi connectivity index (χ3v) is 1.93. The quantitative estimate of drug-likeness (QED) is 0.713. The van der Waals surface area contributed by atoms with Crippen molar-refractivity contribution in [2.75, 3.05) is 0 Å². The molecule has 0 aromatic heterocycles. The van der Waals surface area contributed by atoms with E-state index in [1.807, 2.05) is 19.1 Å². The van der Waals surface area contributed by atoms with E-state index in [-0.39, 0.29) is 0 Å². The topological polar surface area (TPSA) is 49.4 Å². The van der Waals surface area contributed by atoms with Gasteiger partial charge in [0.25, 0.3) is 0 Å². The normalized spacial score (nSPS) is 12.1. The molecular formula is C11H13O3-. The lowest BCUT2D eigenvalue weighted by Crippen LogP contribution is -2.39. The van der Waals surface area contributed by atoms with E-state index in [1.54, 1.807) is 19.1 Å². The summed E-state index contributed by atoms with van der Waals surface area (Å²) in [6.07, 6.45) is -0.464. The zero-order valence-corrected chi connectivity index (χ0v) is 8.32. The number of hydrogen-bond donors (Lipinski definition) is 0. The van der Waals surface area contributed by atoms with Crippen LogP contribution in [0.4, 0.5) is 0 Å². The molecule has 76 valence electrons. The molecule has 1 unspecified atom stereocenters. The lowest BCUT2D eigenvalue weighted by atomic mass is 10.2. The molecule has 0 N–H and O–H groups in total. The zero-order valence-electron chi connectivity index (χ0n) is 8.32. The molecule has 0 aliphatic heterocycles. The van der Waals surface area contributed by atoms with Gasteiger partial charge in [0.2, 0.25) is 0 Å². The Balaban J connectivity index is 2.67. The molecule has 3 nitrogen and oxygen atoms in total. The van der Waals surface area contributed by atoms with Crippen molar-refractivity contribution in [2.45, 2.75) is 26.4 Å². The van der Waals surface area contributed by atoms with Crippen LogP contribution in [0.5, 0.6) is 5.75 Å². The predicted octanol–water partition coefficient (Wildman–Crippen LogP) is 0.902. The molecule has 0 spiro atoms. The van der Waals surface area contributed by atoms with Crippen LogP contribution in [0.3, 0.4) is 0 Å². The van der Waals surface area contributed by atoms with Crippen LogP contribution in [0.1, 0.15) is 18.9 Å². The van der Waals surface area contributed by atoms with Crippen LogP contribution in [-0.4, -0.2) is 12.1 Å². The average Bonchev–Trinajstić information content (AvgIpc) is 2.16. The molecule has 1 aromatic carbocycles. The second-order valence-electron chi connectivity index (χ2n) is 3.15. The van der Waals surface area contributed by atoms with Crippen LogP contribution in [0, 0.1) is 6.92 Å². The lowest BCUT2D eigenvalue weighted by Gasteiger charge is -2.18. The molecule has 0 radical (unpaired) electrons. The number of aryl methyl sites for hydroxylation is 1. The van der Waals surface area contributed by atoms with Gasteiger partial charge >= 0.3 is 0 Å². The smallest absolute Gasteiger partial charge is 0.138 e. The van der Waals surface area contributed by atoms with E-state index in [2.05, 4.69) is 0 Å². The fraction of sp³-hybridized carbons (Fsp3) is 0.364. The number of carboxylic acid groups (broad SMARTS) is 1. The van der Waals surface area contributed by atoms with Crippen molar-refractivity contribution in [1.82, 2.24) is 0 Å². The van der Waals surface area contributed by atoms with Gasteiger partial charge < -0.3 is 14.6 Å². The van der Waals surface area contributed by atoms with Gasteiger partial charge in [-0.15, -0.1) is 0 Å². The van der Waals surface area contributed by atoms with Crippen molar-refractivity contribution in [2.24, 2.45) is 0 Å².